The van der Waals surface area contributed by atoms with Gasteiger partial charge in [0.15, 0.2) is 0 Å². The first-order valence-electron chi connectivity index (χ1n) is 4.85. The van der Waals surface area contributed by atoms with Crippen molar-refractivity contribution in [3.8, 4) is 5.75 Å². The highest BCUT2D eigenvalue weighted by Gasteiger charge is 2.09. The zero-order valence-corrected chi connectivity index (χ0v) is 9.64. The summed E-state index contributed by atoms with van der Waals surface area (Å²) in [6.07, 6.45) is 1.00. The lowest BCUT2D eigenvalue weighted by Gasteiger charge is -2.15. The van der Waals surface area contributed by atoms with Gasteiger partial charge in [-0.3, -0.25) is 5.41 Å². The highest BCUT2D eigenvalue weighted by molar-refractivity contribution is 6.31. The maximum absolute atomic E-state index is 7.41. The first-order chi connectivity index (χ1) is 7.04. The topological polar surface area (TPSA) is 59.1 Å². The Morgan fingerprint density at radius 3 is 2.80 bits per heavy atom. The predicted molar refractivity (Wildman–Crippen MR) is 62.8 cm³/mol. The van der Waals surface area contributed by atoms with Crippen LogP contribution >= 0.6 is 11.6 Å². The van der Waals surface area contributed by atoms with Crippen LogP contribution in [0, 0.1) is 5.41 Å². The van der Waals surface area contributed by atoms with E-state index >= 15 is 0 Å². The molecule has 0 saturated heterocycles. The fourth-order valence-electron chi connectivity index (χ4n) is 1.12. The van der Waals surface area contributed by atoms with Gasteiger partial charge in [0.2, 0.25) is 0 Å². The van der Waals surface area contributed by atoms with Crippen molar-refractivity contribution in [1.29, 1.82) is 5.41 Å². The van der Waals surface area contributed by atoms with Crippen LogP contribution in [0.1, 0.15) is 25.8 Å². The minimum Gasteiger partial charge on any atom is -0.490 e. The van der Waals surface area contributed by atoms with E-state index in [2.05, 4.69) is 0 Å². The summed E-state index contributed by atoms with van der Waals surface area (Å²) in [6, 6.07) is 5.11. The summed E-state index contributed by atoms with van der Waals surface area (Å²) in [5.41, 5.74) is 5.99. The number of amidine groups is 1. The van der Waals surface area contributed by atoms with Crippen molar-refractivity contribution in [2.45, 2.75) is 26.4 Å². The summed E-state index contributed by atoms with van der Waals surface area (Å²) < 4.78 is 5.63. The molecule has 0 amide bonds. The molecule has 15 heavy (non-hydrogen) atoms. The van der Waals surface area contributed by atoms with Crippen LogP contribution < -0.4 is 10.5 Å². The molecule has 0 fully saturated rings. The van der Waals surface area contributed by atoms with Crippen molar-refractivity contribution in [3.63, 3.8) is 0 Å². The lowest BCUT2D eigenvalue weighted by atomic mass is 10.2. The minimum absolute atomic E-state index is 0.0317. The van der Waals surface area contributed by atoms with E-state index in [0.717, 1.165) is 6.42 Å². The molecule has 0 heterocycles. The summed E-state index contributed by atoms with van der Waals surface area (Å²) in [7, 11) is 0. The quantitative estimate of drug-likeness (QED) is 0.613. The van der Waals surface area contributed by atoms with E-state index < -0.39 is 0 Å². The Labute approximate surface area is 94.7 Å². The molecule has 0 aliphatic carbocycles. The van der Waals surface area contributed by atoms with E-state index in [0.29, 0.717) is 16.3 Å². The number of hydrogen-bond acceptors (Lipinski definition) is 2. The van der Waals surface area contributed by atoms with Crippen LogP contribution in [0.4, 0.5) is 0 Å². The van der Waals surface area contributed by atoms with Crippen molar-refractivity contribution >= 4 is 17.4 Å². The number of benzene rings is 1. The first kappa shape index (κ1) is 11.9. The Balaban J connectivity index is 3.01. The molecule has 3 N–H and O–H groups in total. The van der Waals surface area contributed by atoms with E-state index in [4.69, 9.17) is 27.5 Å². The maximum atomic E-state index is 7.41. The second-order valence-corrected chi connectivity index (χ2v) is 3.83. The minimum atomic E-state index is -0.0317. The Hall–Kier alpha value is -1.22. The van der Waals surface area contributed by atoms with Gasteiger partial charge in [0.05, 0.1) is 11.7 Å². The van der Waals surface area contributed by atoms with Crippen LogP contribution in [0.15, 0.2) is 18.2 Å². The van der Waals surface area contributed by atoms with Gasteiger partial charge in [-0.1, -0.05) is 18.5 Å². The van der Waals surface area contributed by atoms with Crippen molar-refractivity contribution < 1.29 is 4.74 Å². The second-order valence-electron chi connectivity index (χ2n) is 3.39. The van der Waals surface area contributed by atoms with E-state index in [9.17, 15) is 0 Å². The van der Waals surface area contributed by atoms with Crippen LogP contribution in [0.2, 0.25) is 5.02 Å². The molecule has 0 aliphatic heterocycles. The third-order valence-corrected chi connectivity index (χ3v) is 2.37. The fourth-order valence-corrected chi connectivity index (χ4v) is 1.29. The fraction of sp³-hybridized carbons (Fsp3) is 0.364. The van der Waals surface area contributed by atoms with Gasteiger partial charge in [-0.15, -0.1) is 0 Å². The maximum Gasteiger partial charge on any atom is 0.130 e. The molecule has 0 aliphatic rings. The number of ether oxygens (including phenoxy) is 1. The van der Waals surface area contributed by atoms with Crippen molar-refractivity contribution in [3.05, 3.63) is 28.8 Å². The Morgan fingerprint density at radius 2 is 2.27 bits per heavy atom. The van der Waals surface area contributed by atoms with Gasteiger partial charge in [-0.25, -0.2) is 0 Å². The normalized spacial score (nSPS) is 12.2. The first-order valence-corrected chi connectivity index (χ1v) is 5.23. The van der Waals surface area contributed by atoms with Gasteiger partial charge in [-0.05, 0) is 31.5 Å². The van der Waals surface area contributed by atoms with Gasteiger partial charge in [0.1, 0.15) is 11.6 Å². The number of hydrogen-bond donors (Lipinski definition) is 2. The molecule has 4 heteroatoms. The molecule has 1 aromatic rings. The monoisotopic (exact) mass is 226 g/mol. The zero-order valence-electron chi connectivity index (χ0n) is 8.88. The third kappa shape index (κ3) is 3.13. The van der Waals surface area contributed by atoms with E-state index in [1.54, 1.807) is 18.2 Å². The van der Waals surface area contributed by atoms with Crippen LogP contribution in [0.5, 0.6) is 5.75 Å². The molecule has 1 atom stereocenters. The SMILES string of the molecule is CCC(C)Oc1ccc(Cl)cc1C(=N)N. The average Bonchev–Trinajstić information content (AvgIpc) is 2.20. The molecule has 1 aromatic carbocycles. The number of nitrogens with one attached hydrogen (secondary N) is 1. The number of rotatable bonds is 4. The van der Waals surface area contributed by atoms with E-state index in [-0.39, 0.29) is 11.9 Å². The summed E-state index contributed by atoms with van der Waals surface area (Å²) in [6.45, 7) is 4.01. The lowest BCUT2D eigenvalue weighted by Crippen LogP contribution is -2.16. The lowest BCUT2D eigenvalue weighted by molar-refractivity contribution is 0.217. The van der Waals surface area contributed by atoms with E-state index in [1.807, 2.05) is 13.8 Å². The summed E-state index contributed by atoms with van der Waals surface area (Å²) >= 11 is 5.82. The molecule has 1 rings (SSSR count). The molecule has 3 nitrogen and oxygen atoms in total. The summed E-state index contributed by atoms with van der Waals surface area (Å²) in [4.78, 5) is 0. The smallest absolute Gasteiger partial charge is 0.130 e. The highest BCUT2D eigenvalue weighted by Crippen LogP contribution is 2.23. The molecule has 0 saturated carbocycles. The molecular formula is C11H15ClN2O. The molecule has 0 aromatic heterocycles. The zero-order chi connectivity index (χ0) is 11.4. The molecule has 0 bridgehead atoms. The number of halogens is 1. The van der Waals surface area contributed by atoms with Crippen molar-refractivity contribution in [2.75, 3.05) is 0 Å². The van der Waals surface area contributed by atoms with Crippen molar-refractivity contribution in [1.82, 2.24) is 0 Å². The van der Waals surface area contributed by atoms with E-state index in [1.165, 1.54) is 0 Å². The van der Waals surface area contributed by atoms with Gasteiger partial charge >= 0.3 is 0 Å². The highest BCUT2D eigenvalue weighted by atomic mass is 35.5. The molecular weight excluding hydrogens is 212 g/mol. The standard InChI is InChI=1S/C11H15ClN2O/c1-3-7(2)15-10-5-4-8(12)6-9(10)11(13)14/h4-7H,3H2,1-2H3,(H3,13,14). The molecule has 0 radical (unpaired) electrons. The number of nitrogen functional groups attached to an aromatic ring is 1. The van der Waals surface area contributed by atoms with Crippen molar-refractivity contribution in [2.24, 2.45) is 5.73 Å². The summed E-state index contributed by atoms with van der Waals surface area (Å²) in [5, 5.41) is 7.97. The second kappa shape index (κ2) is 5.03. The largest absolute Gasteiger partial charge is 0.490 e. The Kier molecular flexibility index (Phi) is 3.97. The van der Waals surface area contributed by atoms with Gasteiger partial charge in [0.25, 0.3) is 0 Å². The third-order valence-electron chi connectivity index (χ3n) is 2.13. The van der Waals surface area contributed by atoms with Gasteiger partial charge in [-0.2, -0.15) is 0 Å². The molecule has 0 spiro atoms. The average molecular weight is 227 g/mol. The number of nitrogens with two attached hydrogens (primary N) is 1. The molecule has 1 unspecified atom stereocenters. The van der Waals surface area contributed by atoms with Crippen LogP contribution in [-0.4, -0.2) is 11.9 Å². The summed E-state index contributed by atoms with van der Waals surface area (Å²) in [5.74, 6) is 0.581. The molecule has 82 valence electrons. The van der Waals surface area contributed by atoms with Crippen LogP contribution in [0.3, 0.4) is 0 Å². The Morgan fingerprint density at radius 1 is 1.60 bits per heavy atom. The van der Waals surface area contributed by atoms with Crippen LogP contribution in [-0.2, 0) is 0 Å². The van der Waals surface area contributed by atoms with Gasteiger partial charge in [0, 0.05) is 5.02 Å². The Bertz CT molecular complexity index is 366. The van der Waals surface area contributed by atoms with Gasteiger partial charge < -0.3 is 10.5 Å². The van der Waals surface area contributed by atoms with Crippen LogP contribution in [0.25, 0.3) is 0 Å². The predicted octanol–water partition coefficient (Wildman–Crippen LogP) is 2.80.